The molecule has 0 radical (unpaired) electrons. The predicted octanol–water partition coefficient (Wildman–Crippen LogP) is 2.89. The van der Waals surface area contributed by atoms with Gasteiger partial charge in [-0.15, -0.1) is 12.4 Å². The molecule has 0 saturated heterocycles. The highest BCUT2D eigenvalue weighted by Crippen LogP contribution is 2.53. The largest absolute Gasteiger partial charge is 0.493 e. The lowest BCUT2D eigenvalue weighted by Gasteiger charge is -2.14. The molecule has 3 aliphatic rings. The summed E-state index contributed by atoms with van der Waals surface area (Å²) in [4.78, 5) is 0. The van der Waals surface area contributed by atoms with Gasteiger partial charge in [-0.25, -0.2) is 0 Å². The highest BCUT2D eigenvalue weighted by molar-refractivity contribution is 5.85. The Morgan fingerprint density at radius 3 is 2.85 bits per heavy atom. The van der Waals surface area contributed by atoms with Crippen molar-refractivity contribution in [3.63, 3.8) is 0 Å². The van der Waals surface area contributed by atoms with E-state index < -0.39 is 0 Å². The van der Waals surface area contributed by atoms with Crippen LogP contribution in [0.15, 0.2) is 12.1 Å². The summed E-state index contributed by atoms with van der Waals surface area (Å²) in [6.45, 7) is 2.48. The van der Waals surface area contributed by atoms with Crippen LogP contribution >= 0.6 is 12.4 Å². The topological polar surface area (TPSA) is 44.5 Å². The van der Waals surface area contributed by atoms with Gasteiger partial charge in [0.2, 0.25) is 0 Å². The van der Waals surface area contributed by atoms with Crippen molar-refractivity contribution in [3.05, 3.63) is 23.3 Å². The Hall–Kier alpha value is -0.930. The predicted molar refractivity (Wildman–Crippen MR) is 81.0 cm³/mol. The van der Waals surface area contributed by atoms with Crippen LogP contribution in [0.25, 0.3) is 0 Å². The number of nitrogens with two attached hydrogens (primary N) is 1. The maximum atomic E-state index is 6.08. The van der Waals surface area contributed by atoms with E-state index in [0.717, 1.165) is 43.6 Å². The molecule has 20 heavy (non-hydrogen) atoms. The van der Waals surface area contributed by atoms with E-state index in [1.807, 2.05) is 0 Å². The van der Waals surface area contributed by atoms with Crippen LogP contribution in [-0.4, -0.2) is 19.8 Å². The summed E-state index contributed by atoms with van der Waals surface area (Å²) in [6.07, 6.45) is 4.91. The molecule has 0 unspecified atom stereocenters. The van der Waals surface area contributed by atoms with Gasteiger partial charge < -0.3 is 15.2 Å². The molecule has 0 amide bonds. The fraction of sp³-hybridized carbons (Fsp3) is 0.625. The Kier molecular flexibility index (Phi) is 3.83. The van der Waals surface area contributed by atoms with Gasteiger partial charge in [0.15, 0.2) is 0 Å². The standard InChI is InChI=1S/C16H21NO2.ClH/c17-8-11-7-13(11)16-12-5-6-18-14(12)3-4-15(16)19-9-10-1-2-10;/h3-4,10-11,13H,1-2,5-9,17H2;1H/t11-,13+;/m0./s1. The first-order chi connectivity index (χ1) is 9.36. The minimum absolute atomic E-state index is 0. The van der Waals surface area contributed by atoms with Crippen molar-refractivity contribution in [2.75, 3.05) is 19.8 Å². The van der Waals surface area contributed by atoms with E-state index >= 15 is 0 Å². The first-order valence-electron chi connectivity index (χ1n) is 7.48. The summed E-state index contributed by atoms with van der Waals surface area (Å²) in [5.41, 5.74) is 8.61. The second-order valence-corrected chi connectivity index (χ2v) is 6.14. The summed E-state index contributed by atoms with van der Waals surface area (Å²) in [5, 5.41) is 0. The zero-order valence-electron chi connectivity index (χ0n) is 11.6. The van der Waals surface area contributed by atoms with Crippen molar-refractivity contribution in [2.24, 2.45) is 17.6 Å². The highest BCUT2D eigenvalue weighted by Gasteiger charge is 2.41. The Labute approximate surface area is 126 Å². The van der Waals surface area contributed by atoms with Crippen LogP contribution in [0.4, 0.5) is 0 Å². The van der Waals surface area contributed by atoms with Gasteiger partial charge in [-0.05, 0) is 55.7 Å². The molecule has 2 aliphatic carbocycles. The number of hydrogen-bond acceptors (Lipinski definition) is 3. The molecule has 2 fully saturated rings. The van der Waals surface area contributed by atoms with Crippen molar-refractivity contribution in [3.8, 4) is 11.5 Å². The Bertz CT molecular complexity index is 501. The SMILES string of the molecule is Cl.NC[C@@H]1C[C@H]1c1c(OCC2CC2)ccc2c1CCO2. The molecule has 1 aliphatic heterocycles. The van der Waals surface area contributed by atoms with Crippen molar-refractivity contribution in [1.82, 2.24) is 0 Å². The molecule has 2 atom stereocenters. The third-order valence-corrected chi connectivity index (χ3v) is 4.65. The molecule has 110 valence electrons. The second-order valence-electron chi connectivity index (χ2n) is 6.14. The Morgan fingerprint density at radius 2 is 2.15 bits per heavy atom. The maximum Gasteiger partial charge on any atom is 0.123 e. The normalized spacial score (nSPS) is 26.4. The maximum absolute atomic E-state index is 6.08. The molecule has 0 aromatic heterocycles. The minimum atomic E-state index is 0. The summed E-state index contributed by atoms with van der Waals surface area (Å²) < 4.78 is 11.8. The van der Waals surface area contributed by atoms with Crippen molar-refractivity contribution in [1.29, 1.82) is 0 Å². The van der Waals surface area contributed by atoms with Crippen LogP contribution < -0.4 is 15.2 Å². The first kappa shape index (κ1) is 14.0. The van der Waals surface area contributed by atoms with Gasteiger partial charge in [0.05, 0.1) is 13.2 Å². The molecule has 2 N–H and O–H groups in total. The molecule has 1 aromatic rings. The lowest BCUT2D eigenvalue weighted by atomic mass is 9.98. The van der Waals surface area contributed by atoms with Gasteiger partial charge in [0, 0.05) is 17.5 Å². The van der Waals surface area contributed by atoms with Gasteiger partial charge >= 0.3 is 0 Å². The molecule has 0 bridgehead atoms. The van der Waals surface area contributed by atoms with E-state index in [1.54, 1.807) is 0 Å². The third-order valence-electron chi connectivity index (χ3n) is 4.65. The molecule has 2 saturated carbocycles. The summed E-state index contributed by atoms with van der Waals surface area (Å²) in [6, 6.07) is 4.18. The molecular formula is C16H22ClNO2. The van der Waals surface area contributed by atoms with Gasteiger partial charge in [0.25, 0.3) is 0 Å². The molecule has 4 rings (SSSR count). The van der Waals surface area contributed by atoms with Gasteiger partial charge in [-0.2, -0.15) is 0 Å². The van der Waals surface area contributed by atoms with Crippen LogP contribution in [0, 0.1) is 11.8 Å². The van der Waals surface area contributed by atoms with Crippen molar-refractivity contribution in [2.45, 2.75) is 31.6 Å². The molecule has 0 spiro atoms. The number of halogens is 1. The average molecular weight is 296 g/mol. The minimum Gasteiger partial charge on any atom is -0.493 e. The average Bonchev–Trinajstić information content (AvgIpc) is 3.33. The number of fused-ring (bicyclic) bond motifs is 1. The molecule has 4 heteroatoms. The Morgan fingerprint density at radius 1 is 1.30 bits per heavy atom. The highest BCUT2D eigenvalue weighted by atomic mass is 35.5. The monoisotopic (exact) mass is 295 g/mol. The van der Waals surface area contributed by atoms with Crippen LogP contribution in [0.2, 0.25) is 0 Å². The molecule has 3 nitrogen and oxygen atoms in total. The van der Waals surface area contributed by atoms with Crippen LogP contribution in [0.1, 0.15) is 36.3 Å². The van der Waals surface area contributed by atoms with E-state index in [9.17, 15) is 0 Å². The summed E-state index contributed by atoms with van der Waals surface area (Å²) in [7, 11) is 0. The lowest BCUT2D eigenvalue weighted by molar-refractivity contribution is 0.296. The Balaban J connectivity index is 0.00000121. The van der Waals surface area contributed by atoms with Crippen molar-refractivity contribution >= 4 is 12.4 Å². The van der Waals surface area contributed by atoms with E-state index in [1.165, 1.54) is 30.4 Å². The van der Waals surface area contributed by atoms with Crippen LogP contribution in [0.3, 0.4) is 0 Å². The number of rotatable bonds is 5. The molecule has 1 heterocycles. The van der Waals surface area contributed by atoms with Gasteiger partial charge in [-0.1, -0.05) is 0 Å². The van der Waals surface area contributed by atoms with E-state index in [0.29, 0.717) is 11.8 Å². The first-order valence-corrected chi connectivity index (χ1v) is 7.48. The van der Waals surface area contributed by atoms with Gasteiger partial charge in [0.1, 0.15) is 11.5 Å². The summed E-state index contributed by atoms with van der Waals surface area (Å²) in [5.74, 6) is 4.21. The zero-order chi connectivity index (χ0) is 12.8. The number of ether oxygens (including phenoxy) is 2. The zero-order valence-corrected chi connectivity index (χ0v) is 12.5. The third kappa shape index (κ3) is 2.49. The quantitative estimate of drug-likeness (QED) is 0.908. The van der Waals surface area contributed by atoms with Crippen LogP contribution in [-0.2, 0) is 6.42 Å². The molecule has 1 aromatic carbocycles. The fourth-order valence-corrected chi connectivity index (χ4v) is 3.17. The number of hydrogen-bond donors (Lipinski definition) is 1. The van der Waals surface area contributed by atoms with E-state index in [-0.39, 0.29) is 12.4 Å². The van der Waals surface area contributed by atoms with Gasteiger partial charge in [-0.3, -0.25) is 0 Å². The van der Waals surface area contributed by atoms with Crippen LogP contribution in [0.5, 0.6) is 11.5 Å². The van der Waals surface area contributed by atoms with Crippen molar-refractivity contribution < 1.29 is 9.47 Å². The second kappa shape index (κ2) is 5.45. The van der Waals surface area contributed by atoms with E-state index in [2.05, 4.69) is 12.1 Å². The lowest BCUT2D eigenvalue weighted by Crippen LogP contribution is -2.06. The molecular weight excluding hydrogens is 274 g/mol. The smallest absolute Gasteiger partial charge is 0.123 e. The number of benzene rings is 1. The van der Waals surface area contributed by atoms with E-state index in [4.69, 9.17) is 15.2 Å². The summed E-state index contributed by atoms with van der Waals surface area (Å²) >= 11 is 0. The fourth-order valence-electron chi connectivity index (χ4n) is 3.17.